The predicted octanol–water partition coefficient (Wildman–Crippen LogP) is 4.14. The minimum Gasteiger partial charge on any atom is -0.478 e. The molecule has 0 saturated heterocycles. The zero-order valence-corrected chi connectivity index (χ0v) is 10.4. The number of carbonyl (C=O) groups is 1. The van der Waals surface area contributed by atoms with Crippen LogP contribution in [0.1, 0.15) is 50.0 Å². The van der Waals surface area contributed by atoms with Crippen molar-refractivity contribution in [3.63, 3.8) is 0 Å². The minimum absolute atomic E-state index is 0.339. The molecule has 0 spiro atoms. The summed E-state index contributed by atoms with van der Waals surface area (Å²) >= 11 is 0. The van der Waals surface area contributed by atoms with E-state index in [1.807, 2.05) is 20.8 Å². The summed E-state index contributed by atoms with van der Waals surface area (Å²) in [5.74, 6) is -0.875. The summed E-state index contributed by atoms with van der Waals surface area (Å²) < 4.78 is 0. The first-order valence-electron chi connectivity index (χ1n) is 5.41. The van der Waals surface area contributed by atoms with Gasteiger partial charge in [0.2, 0.25) is 0 Å². The van der Waals surface area contributed by atoms with Gasteiger partial charge in [0, 0.05) is 0 Å². The molecule has 0 fully saturated rings. The highest BCUT2D eigenvalue weighted by Gasteiger charge is 1.98. The molecule has 1 aromatic carbocycles. The first kappa shape index (κ1) is 16.1. The molecular weight excluding hydrogens is 188 g/mol. The van der Waals surface area contributed by atoms with Gasteiger partial charge in [0.15, 0.2) is 0 Å². The molecule has 0 aliphatic rings. The van der Waals surface area contributed by atoms with Crippen LogP contribution in [-0.4, -0.2) is 11.1 Å². The van der Waals surface area contributed by atoms with Crippen LogP contribution in [0, 0.1) is 6.92 Å². The van der Waals surface area contributed by atoms with Crippen LogP contribution in [0.4, 0.5) is 0 Å². The van der Waals surface area contributed by atoms with E-state index >= 15 is 0 Å². The van der Waals surface area contributed by atoms with Crippen molar-refractivity contribution in [1.82, 2.24) is 0 Å². The third kappa shape index (κ3) is 9.01. The summed E-state index contributed by atoms with van der Waals surface area (Å²) in [5, 5.41) is 8.48. The van der Waals surface area contributed by atoms with Gasteiger partial charge >= 0.3 is 5.97 Å². The van der Waals surface area contributed by atoms with Crippen molar-refractivity contribution in [2.45, 2.75) is 41.0 Å². The third-order valence-corrected chi connectivity index (χ3v) is 1.30. The molecule has 0 unspecified atom stereocenters. The molecule has 2 heteroatoms. The SMILES string of the molecule is CC.CCC.Cc1ccc(C(=O)O)cc1. The number of benzene rings is 1. The van der Waals surface area contributed by atoms with Crippen LogP contribution in [0.5, 0.6) is 0 Å². The molecule has 0 amide bonds. The lowest BCUT2D eigenvalue weighted by molar-refractivity contribution is 0.0697. The zero-order chi connectivity index (χ0) is 12.3. The Kier molecular flexibility index (Phi) is 11.6. The fourth-order valence-corrected chi connectivity index (χ4v) is 0.696. The molecule has 0 atom stereocenters. The second-order valence-electron chi connectivity index (χ2n) is 2.88. The lowest BCUT2D eigenvalue weighted by Gasteiger charge is -1.92. The van der Waals surface area contributed by atoms with Gasteiger partial charge in [0.25, 0.3) is 0 Å². The van der Waals surface area contributed by atoms with E-state index in [-0.39, 0.29) is 0 Å². The number of hydrogen-bond acceptors (Lipinski definition) is 1. The van der Waals surface area contributed by atoms with Crippen LogP contribution in [-0.2, 0) is 0 Å². The highest BCUT2D eigenvalue weighted by molar-refractivity contribution is 5.87. The van der Waals surface area contributed by atoms with Crippen molar-refractivity contribution >= 4 is 5.97 Å². The van der Waals surface area contributed by atoms with E-state index in [0.717, 1.165) is 5.56 Å². The van der Waals surface area contributed by atoms with E-state index in [9.17, 15) is 4.79 Å². The second kappa shape index (κ2) is 10.8. The molecule has 0 heterocycles. The van der Waals surface area contributed by atoms with E-state index in [1.165, 1.54) is 6.42 Å². The monoisotopic (exact) mass is 210 g/mol. The number of aryl methyl sites for hydroxylation is 1. The van der Waals surface area contributed by atoms with Crippen LogP contribution < -0.4 is 0 Å². The molecule has 1 N–H and O–H groups in total. The second-order valence-corrected chi connectivity index (χ2v) is 2.88. The van der Waals surface area contributed by atoms with E-state index in [0.29, 0.717) is 5.56 Å². The van der Waals surface area contributed by atoms with Crippen LogP contribution in [0.15, 0.2) is 24.3 Å². The fraction of sp³-hybridized carbons (Fsp3) is 0.462. The molecule has 0 aliphatic carbocycles. The Balaban J connectivity index is 0. The summed E-state index contributed by atoms with van der Waals surface area (Å²) in [6.45, 7) is 10.2. The summed E-state index contributed by atoms with van der Waals surface area (Å²) in [5.41, 5.74) is 1.41. The first-order chi connectivity index (χ1) is 7.11. The zero-order valence-electron chi connectivity index (χ0n) is 10.4. The predicted molar refractivity (Wildman–Crippen MR) is 65.5 cm³/mol. The maximum absolute atomic E-state index is 10.3. The lowest BCUT2D eigenvalue weighted by Crippen LogP contribution is -1.94. The van der Waals surface area contributed by atoms with Crippen molar-refractivity contribution in [3.8, 4) is 0 Å². The highest BCUT2D eigenvalue weighted by atomic mass is 16.4. The van der Waals surface area contributed by atoms with Crippen molar-refractivity contribution < 1.29 is 9.90 Å². The minimum atomic E-state index is -0.875. The molecule has 1 aromatic rings. The Bertz CT molecular complexity index is 250. The highest BCUT2D eigenvalue weighted by Crippen LogP contribution is 2.01. The molecule has 1 rings (SSSR count). The van der Waals surface area contributed by atoms with Gasteiger partial charge in [-0.05, 0) is 19.1 Å². The maximum Gasteiger partial charge on any atom is 0.335 e. The van der Waals surface area contributed by atoms with Gasteiger partial charge in [-0.15, -0.1) is 0 Å². The van der Waals surface area contributed by atoms with Crippen LogP contribution >= 0.6 is 0 Å². The molecule has 86 valence electrons. The van der Waals surface area contributed by atoms with Crippen LogP contribution in [0.25, 0.3) is 0 Å². The summed E-state index contributed by atoms with van der Waals surface area (Å²) in [6.07, 6.45) is 1.25. The van der Waals surface area contributed by atoms with Gasteiger partial charge in [-0.3, -0.25) is 0 Å². The maximum atomic E-state index is 10.3. The Morgan fingerprint density at radius 1 is 1.13 bits per heavy atom. The van der Waals surface area contributed by atoms with Crippen molar-refractivity contribution in [3.05, 3.63) is 35.4 Å². The normalized spacial score (nSPS) is 7.80. The van der Waals surface area contributed by atoms with E-state index < -0.39 is 5.97 Å². The van der Waals surface area contributed by atoms with Crippen molar-refractivity contribution in [2.24, 2.45) is 0 Å². The average molecular weight is 210 g/mol. The average Bonchev–Trinajstić information content (AvgIpc) is 2.22. The standard InChI is InChI=1S/C8H8O2.C3H8.C2H6/c1-6-2-4-7(5-3-6)8(9)10;1-3-2;1-2/h2-5H,1H3,(H,9,10);3H2,1-2H3;1-2H3. The van der Waals surface area contributed by atoms with Gasteiger partial charge in [-0.2, -0.15) is 0 Å². The fourth-order valence-electron chi connectivity index (χ4n) is 0.696. The summed E-state index contributed by atoms with van der Waals surface area (Å²) in [6, 6.07) is 6.75. The topological polar surface area (TPSA) is 37.3 Å². The van der Waals surface area contributed by atoms with E-state index in [1.54, 1.807) is 24.3 Å². The van der Waals surface area contributed by atoms with Gasteiger partial charge in [-0.1, -0.05) is 51.8 Å². The van der Waals surface area contributed by atoms with Crippen molar-refractivity contribution in [1.29, 1.82) is 0 Å². The number of aromatic carboxylic acids is 1. The van der Waals surface area contributed by atoms with Gasteiger partial charge in [0.1, 0.15) is 0 Å². The van der Waals surface area contributed by atoms with E-state index in [4.69, 9.17) is 5.11 Å². The Morgan fingerprint density at radius 2 is 1.47 bits per heavy atom. The van der Waals surface area contributed by atoms with Gasteiger partial charge < -0.3 is 5.11 Å². The first-order valence-corrected chi connectivity index (χ1v) is 5.41. The number of hydrogen-bond donors (Lipinski definition) is 1. The Labute approximate surface area is 93.0 Å². The molecular formula is C13H22O2. The van der Waals surface area contributed by atoms with Gasteiger partial charge in [-0.25, -0.2) is 4.79 Å². The molecule has 0 aromatic heterocycles. The molecule has 0 aliphatic heterocycles. The lowest BCUT2D eigenvalue weighted by atomic mass is 10.2. The Morgan fingerprint density at radius 3 is 1.73 bits per heavy atom. The van der Waals surface area contributed by atoms with Crippen LogP contribution in [0.2, 0.25) is 0 Å². The third-order valence-electron chi connectivity index (χ3n) is 1.30. The van der Waals surface area contributed by atoms with E-state index in [2.05, 4.69) is 13.8 Å². The molecule has 15 heavy (non-hydrogen) atoms. The molecule has 0 saturated carbocycles. The number of carboxylic acids is 1. The smallest absolute Gasteiger partial charge is 0.335 e. The Hall–Kier alpha value is -1.31. The van der Waals surface area contributed by atoms with Crippen molar-refractivity contribution in [2.75, 3.05) is 0 Å². The largest absolute Gasteiger partial charge is 0.478 e. The summed E-state index contributed by atoms with van der Waals surface area (Å²) in [7, 11) is 0. The quantitative estimate of drug-likeness (QED) is 0.756. The number of rotatable bonds is 1. The summed E-state index contributed by atoms with van der Waals surface area (Å²) in [4.78, 5) is 10.3. The van der Waals surface area contributed by atoms with Gasteiger partial charge in [0.05, 0.1) is 5.56 Å². The molecule has 2 nitrogen and oxygen atoms in total. The van der Waals surface area contributed by atoms with Crippen LogP contribution in [0.3, 0.4) is 0 Å². The molecule has 0 bridgehead atoms. The number of carboxylic acid groups (broad SMARTS) is 1. The molecule has 0 radical (unpaired) electrons.